The summed E-state index contributed by atoms with van der Waals surface area (Å²) >= 11 is 0. The first-order valence-electron chi connectivity index (χ1n) is 6.26. The summed E-state index contributed by atoms with van der Waals surface area (Å²) in [6, 6.07) is 2.41. The van der Waals surface area contributed by atoms with E-state index in [9.17, 15) is 17.6 Å². The van der Waals surface area contributed by atoms with Crippen molar-refractivity contribution in [2.75, 3.05) is 26.2 Å². The van der Waals surface area contributed by atoms with Crippen LogP contribution in [0, 0.1) is 11.6 Å². The number of nitrogens with one attached hydrogen (secondary N) is 1. The Kier molecular flexibility index (Phi) is 6.71. The fraction of sp³-hybridized carbons (Fsp3) is 0.538. The predicted molar refractivity (Wildman–Crippen MR) is 71.4 cm³/mol. The molecule has 1 aromatic rings. The van der Waals surface area contributed by atoms with Crippen LogP contribution in [0.15, 0.2) is 18.2 Å². The average Bonchev–Trinajstić information content (AvgIpc) is 2.37. The molecular formula is C13H17ClF4N2. The smallest absolute Gasteiger partial charge is 0.240 e. The third kappa shape index (κ3) is 4.33. The van der Waals surface area contributed by atoms with E-state index in [-0.39, 0.29) is 18.0 Å². The number of rotatable bonds is 4. The van der Waals surface area contributed by atoms with Gasteiger partial charge in [0, 0.05) is 50.3 Å². The first-order valence-corrected chi connectivity index (χ1v) is 6.26. The molecule has 1 saturated heterocycles. The highest BCUT2D eigenvalue weighted by atomic mass is 35.5. The molecule has 0 aliphatic carbocycles. The van der Waals surface area contributed by atoms with E-state index < -0.39 is 30.5 Å². The first kappa shape index (κ1) is 17.2. The van der Waals surface area contributed by atoms with Crippen LogP contribution >= 0.6 is 12.4 Å². The quantitative estimate of drug-likeness (QED) is 0.860. The third-order valence-corrected chi connectivity index (χ3v) is 3.32. The number of alkyl halides is 2. The van der Waals surface area contributed by atoms with Crippen LogP contribution in [0.4, 0.5) is 17.6 Å². The summed E-state index contributed by atoms with van der Waals surface area (Å²) < 4.78 is 52.1. The second-order valence-corrected chi connectivity index (χ2v) is 4.59. The fourth-order valence-corrected chi connectivity index (χ4v) is 2.41. The molecule has 20 heavy (non-hydrogen) atoms. The van der Waals surface area contributed by atoms with Gasteiger partial charge in [0.1, 0.15) is 11.6 Å². The van der Waals surface area contributed by atoms with Gasteiger partial charge in [-0.1, -0.05) is 6.07 Å². The second-order valence-electron chi connectivity index (χ2n) is 4.59. The summed E-state index contributed by atoms with van der Waals surface area (Å²) in [7, 11) is 0. The van der Waals surface area contributed by atoms with E-state index in [2.05, 4.69) is 5.32 Å². The number of hydrogen-bond acceptors (Lipinski definition) is 2. The van der Waals surface area contributed by atoms with E-state index in [0.717, 1.165) is 12.1 Å². The number of nitrogens with zero attached hydrogens (tertiary/aromatic N) is 1. The molecule has 0 spiro atoms. The maximum absolute atomic E-state index is 13.8. The highest BCUT2D eigenvalue weighted by molar-refractivity contribution is 5.85. The molecule has 0 aromatic heterocycles. The molecule has 114 valence electrons. The van der Waals surface area contributed by atoms with Gasteiger partial charge in [-0.3, -0.25) is 4.90 Å². The monoisotopic (exact) mass is 312 g/mol. The Morgan fingerprint density at radius 2 is 1.80 bits per heavy atom. The van der Waals surface area contributed by atoms with Gasteiger partial charge < -0.3 is 5.32 Å². The predicted octanol–water partition coefficient (Wildman–Crippen LogP) is 2.99. The van der Waals surface area contributed by atoms with Crippen molar-refractivity contribution in [1.82, 2.24) is 10.2 Å². The molecule has 0 unspecified atom stereocenters. The highest BCUT2D eigenvalue weighted by Crippen LogP contribution is 2.29. The number of piperazine rings is 1. The maximum atomic E-state index is 13.8. The topological polar surface area (TPSA) is 15.3 Å². The summed E-state index contributed by atoms with van der Waals surface area (Å²) in [5.74, 6) is -1.46. The zero-order valence-electron chi connectivity index (χ0n) is 10.8. The van der Waals surface area contributed by atoms with Crippen molar-refractivity contribution in [3.8, 4) is 0 Å². The molecule has 1 fully saturated rings. The summed E-state index contributed by atoms with van der Waals surface area (Å²) in [6.45, 7) is 2.52. The summed E-state index contributed by atoms with van der Waals surface area (Å²) in [5, 5.41) is 3.12. The van der Waals surface area contributed by atoms with Crippen LogP contribution in [-0.2, 0) is 0 Å². The number of benzene rings is 1. The van der Waals surface area contributed by atoms with Crippen molar-refractivity contribution < 1.29 is 17.6 Å². The Bertz CT molecular complexity index is 425. The van der Waals surface area contributed by atoms with Crippen LogP contribution in [0.5, 0.6) is 0 Å². The van der Waals surface area contributed by atoms with Crippen LogP contribution in [0.3, 0.4) is 0 Å². The van der Waals surface area contributed by atoms with Crippen LogP contribution in [0.25, 0.3) is 0 Å². The normalized spacial score (nSPS) is 17.9. The van der Waals surface area contributed by atoms with Gasteiger partial charge >= 0.3 is 0 Å². The van der Waals surface area contributed by atoms with Gasteiger partial charge in [0.25, 0.3) is 0 Å². The van der Waals surface area contributed by atoms with Crippen LogP contribution in [-0.4, -0.2) is 37.5 Å². The molecule has 1 aliphatic rings. The van der Waals surface area contributed by atoms with Gasteiger partial charge in [0.05, 0.1) is 0 Å². The van der Waals surface area contributed by atoms with E-state index in [4.69, 9.17) is 0 Å². The molecule has 2 rings (SSSR count). The van der Waals surface area contributed by atoms with E-state index in [0.29, 0.717) is 26.2 Å². The van der Waals surface area contributed by atoms with Crippen LogP contribution < -0.4 is 5.32 Å². The first-order chi connectivity index (χ1) is 9.08. The summed E-state index contributed by atoms with van der Waals surface area (Å²) in [4.78, 5) is 1.82. The number of halogens is 5. The minimum Gasteiger partial charge on any atom is -0.314 e. The second kappa shape index (κ2) is 7.81. The van der Waals surface area contributed by atoms with E-state index in [1.165, 1.54) is 6.07 Å². The molecular weight excluding hydrogens is 296 g/mol. The van der Waals surface area contributed by atoms with Gasteiger partial charge in [0.2, 0.25) is 6.43 Å². The van der Waals surface area contributed by atoms with Crippen molar-refractivity contribution in [3.05, 3.63) is 35.4 Å². The highest BCUT2D eigenvalue weighted by Gasteiger charge is 2.27. The lowest BCUT2D eigenvalue weighted by Crippen LogP contribution is -2.45. The lowest BCUT2D eigenvalue weighted by atomic mass is 10.0. The van der Waals surface area contributed by atoms with Gasteiger partial charge in [0.15, 0.2) is 0 Å². The third-order valence-electron chi connectivity index (χ3n) is 3.32. The Labute approximate surface area is 121 Å². The maximum Gasteiger partial charge on any atom is 0.240 e. The van der Waals surface area contributed by atoms with E-state index in [1.54, 1.807) is 0 Å². The van der Waals surface area contributed by atoms with E-state index >= 15 is 0 Å². The molecule has 1 atom stereocenters. The lowest BCUT2D eigenvalue weighted by molar-refractivity contribution is 0.0725. The number of hydrogen-bond donors (Lipinski definition) is 1. The zero-order valence-corrected chi connectivity index (χ0v) is 11.6. The minimum absolute atomic E-state index is 0. The lowest BCUT2D eigenvalue weighted by Gasteiger charge is -2.35. The standard InChI is InChI=1S/C13H16F4N2.ClH/c14-9-1-2-10(11(15)7-9)12(8-13(16)17)19-5-3-18-4-6-19;/h1-2,7,12-13,18H,3-6,8H2;1H/t12-;/m0./s1. The Morgan fingerprint density at radius 3 is 2.35 bits per heavy atom. The van der Waals surface area contributed by atoms with Crippen LogP contribution in [0.1, 0.15) is 18.0 Å². The molecule has 1 aliphatic heterocycles. The molecule has 1 N–H and O–H groups in total. The van der Waals surface area contributed by atoms with Crippen molar-refractivity contribution in [2.45, 2.75) is 18.9 Å². The molecule has 2 nitrogen and oxygen atoms in total. The van der Waals surface area contributed by atoms with Gasteiger partial charge in [-0.05, 0) is 6.07 Å². The summed E-state index contributed by atoms with van der Waals surface area (Å²) in [5.41, 5.74) is 0.142. The minimum atomic E-state index is -2.52. The van der Waals surface area contributed by atoms with Crippen molar-refractivity contribution in [3.63, 3.8) is 0 Å². The molecule has 0 radical (unpaired) electrons. The fourth-order valence-electron chi connectivity index (χ4n) is 2.41. The molecule has 7 heteroatoms. The van der Waals surface area contributed by atoms with E-state index in [1.807, 2.05) is 4.90 Å². The molecule has 0 saturated carbocycles. The molecule has 0 amide bonds. The Hall–Kier alpha value is -0.850. The van der Waals surface area contributed by atoms with Crippen molar-refractivity contribution >= 4 is 12.4 Å². The SMILES string of the molecule is Cl.Fc1ccc([C@H](CC(F)F)N2CCNCC2)c(F)c1. The Morgan fingerprint density at radius 1 is 1.15 bits per heavy atom. The van der Waals surface area contributed by atoms with Crippen molar-refractivity contribution in [2.24, 2.45) is 0 Å². The van der Waals surface area contributed by atoms with Gasteiger partial charge in [-0.15, -0.1) is 12.4 Å². The van der Waals surface area contributed by atoms with Crippen LogP contribution in [0.2, 0.25) is 0 Å². The largest absolute Gasteiger partial charge is 0.314 e. The zero-order chi connectivity index (χ0) is 13.8. The molecule has 0 bridgehead atoms. The summed E-state index contributed by atoms with van der Waals surface area (Å²) in [6.07, 6.45) is -2.97. The Balaban J connectivity index is 0.00000200. The molecule has 1 aromatic carbocycles. The van der Waals surface area contributed by atoms with Gasteiger partial charge in [-0.2, -0.15) is 0 Å². The van der Waals surface area contributed by atoms with Crippen molar-refractivity contribution in [1.29, 1.82) is 0 Å². The average molecular weight is 313 g/mol. The molecule has 1 heterocycles. The van der Waals surface area contributed by atoms with Gasteiger partial charge in [-0.25, -0.2) is 17.6 Å².